The summed E-state index contributed by atoms with van der Waals surface area (Å²) in [5.41, 5.74) is 2.03. The summed E-state index contributed by atoms with van der Waals surface area (Å²) in [5.74, 6) is -0.225. The van der Waals surface area contributed by atoms with E-state index < -0.39 is 5.97 Å². The Kier molecular flexibility index (Phi) is 2.52. The zero-order valence-corrected chi connectivity index (χ0v) is 9.06. The Hall–Kier alpha value is -2.04. The van der Waals surface area contributed by atoms with Crippen molar-refractivity contribution in [1.82, 2.24) is 15.0 Å². The first-order valence-electron chi connectivity index (χ1n) is 4.88. The molecule has 5 nitrogen and oxygen atoms in total. The lowest BCUT2D eigenvalue weighted by Gasteiger charge is -2.06. The van der Waals surface area contributed by atoms with Gasteiger partial charge in [0.1, 0.15) is 5.82 Å². The molecule has 2 aromatic heterocycles. The van der Waals surface area contributed by atoms with Crippen molar-refractivity contribution in [2.75, 3.05) is 0 Å². The summed E-state index contributed by atoms with van der Waals surface area (Å²) in [4.78, 5) is 23.3. The first kappa shape index (κ1) is 10.5. The first-order valence-corrected chi connectivity index (χ1v) is 4.88. The van der Waals surface area contributed by atoms with Gasteiger partial charge in [0.15, 0.2) is 0 Å². The number of carboxylic acid groups (broad SMARTS) is 1. The molecule has 0 aliphatic rings. The first-order chi connectivity index (χ1) is 7.58. The Morgan fingerprint density at radius 3 is 2.81 bits per heavy atom. The van der Waals surface area contributed by atoms with Crippen LogP contribution in [-0.4, -0.2) is 26.0 Å². The molecular weight excluding hydrogens is 206 g/mol. The number of hydrogen-bond acceptors (Lipinski definition) is 4. The van der Waals surface area contributed by atoms with Gasteiger partial charge < -0.3 is 5.11 Å². The largest absolute Gasteiger partial charge is 0.481 e. The average molecular weight is 217 g/mol. The fourth-order valence-corrected chi connectivity index (χ4v) is 1.76. The molecule has 0 aliphatic heterocycles. The average Bonchev–Trinajstić information content (AvgIpc) is 2.15. The fourth-order valence-electron chi connectivity index (χ4n) is 1.76. The predicted octanol–water partition coefficient (Wildman–Crippen LogP) is 1.27. The number of aliphatic carboxylic acids is 1. The summed E-state index contributed by atoms with van der Waals surface area (Å²) in [6, 6.07) is 1.77. The third-order valence-electron chi connectivity index (χ3n) is 2.30. The third kappa shape index (κ3) is 1.84. The SMILES string of the molecule is Cc1nc(C)c2c(CC(=O)O)nccc2n1. The predicted molar refractivity (Wildman–Crippen MR) is 58.1 cm³/mol. The lowest BCUT2D eigenvalue weighted by molar-refractivity contribution is -0.136. The van der Waals surface area contributed by atoms with E-state index in [9.17, 15) is 4.79 Å². The standard InChI is InChI=1S/C11H11N3O2/c1-6-11-8(14-7(2)13-6)3-4-12-9(11)5-10(15)16/h3-4H,5H2,1-2H3,(H,15,16). The molecule has 0 saturated heterocycles. The van der Waals surface area contributed by atoms with E-state index in [0.29, 0.717) is 11.5 Å². The second-order valence-corrected chi connectivity index (χ2v) is 3.58. The highest BCUT2D eigenvalue weighted by Gasteiger charge is 2.11. The molecule has 0 unspecified atom stereocenters. The number of carboxylic acids is 1. The number of carbonyl (C=O) groups is 1. The zero-order chi connectivity index (χ0) is 11.7. The van der Waals surface area contributed by atoms with Gasteiger partial charge in [0.05, 0.1) is 23.3 Å². The second kappa shape index (κ2) is 3.84. The number of nitrogens with zero attached hydrogens (tertiary/aromatic N) is 3. The molecule has 2 aromatic rings. The van der Waals surface area contributed by atoms with E-state index in [0.717, 1.165) is 16.6 Å². The van der Waals surface area contributed by atoms with Crippen molar-refractivity contribution < 1.29 is 9.90 Å². The van der Waals surface area contributed by atoms with Gasteiger partial charge in [0.2, 0.25) is 0 Å². The maximum absolute atomic E-state index is 10.7. The van der Waals surface area contributed by atoms with Gasteiger partial charge in [-0.15, -0.1) is 0 Å². The van der Waals surface area contributed by atoms with Crippen LogP contribution in [0.3, 0.4) is 0 Å². The molecule has 0 spiro atoms. The van der Waals surface area contributed by atoms with E-state index >= 15 is 0 Å². The molecular formula is C11H11N3O2. The lowest BCUT2D eigenvalue weighted by atomic mass is 10.1. The van der Waals surface area contributed by atoms with Crippen molar-refractivity contribution >= 4 is 16.9 Å². The number of pyridine rings is 1. The molecule has 0 saturated carbocycles. The fraction of sp³-hybridized carbons (Fsp3) is 0.273. The number of fused-ring (bicyclic) bond motifs is 1. The Morgan fingerprint density at radius 1 is 1.38 bits per heavy atom. The highest BCUT2D eigenvalue weighted by atomic mass is 16.4. The second-order valence-electron chi connectivity index (χ2n) is 3.58. The summed E-state index contributed by atoms with van der Waals surface area (Å²) in [5, 5.41) is 9.54. The monoisotopic (exact) mass is 217 g/mol. The molecule has 2 heterocycles. The van der Waals surface area contributed by atoms with E-state index in [2.05, 4.69) is 15.0 Å². The van der Waals surface area contributed by atoms with Crippen LogP contribution in [-0.2, 0) is 11.2 Å². The van der Waals surface area contributed by atoms with Crippen LogP contribution >= 0.6 is 0 Å². The van der Waals surface area contributed by atoms with Gasteiger partial charge in [-0.3, -0.25) is 9.78 Å². The molecule has 1 N–H and O–H groups in total. The molecule has 2 rings (SSSR count). The van der Waals surface area contributed by atoms with Crippen molar-refractivity contribution in [3.05, 3.63) is 29.5 Å². The van der Waals surface area contributed by atoms with E-state index in [1.807, 2.05) is 13.8 Å². The van der Waals surface area contributed by atoms with E-state index in [1.54, 1.807) is 12.3 Å². The Morgan fingerprint density at radius 2 is 2.12 bits per heavy atom. The van der Waals surface area contributed by atoms with Crippen molar-refractivity contribution in [3.63, 3.8) is 0 Å². The molecule has 82 valence electrons. The number of hydrogen-bond donors (Lipinski definition) is 1. The quantitative estimate of drug-likeness (QED) is 0.819. The molecule has 0 fully saturated rings. The van der Waals surface area contributed by atoms with E-state index in [1.165, 1.54) is 0 Å². The van der Waals surface area contributed by atoms with Gasteiger partial charge in [-0.2, -0.15) is 0 Å². The van der Waals surface area contributed by atoms with Crippen molar-refractivity contribution in [2.45, 2.75) is 20.3 Å². The summed E-state index contributed by atoms with van der Waals surface area (Å²) >= 11 is 0. The number of aryl methyl sites for hydroxylation is 2. The Labute approximate surface area is 92.2 Å². The molecule has 16 heavy (non-hydrogen) atoms. The van der Waals surface area contributed by atoms with E-state index in [-0.39, 0.29) is 6.42 Å². The molecule has 0 atom stereocenters. The topological polar surface area (TPSA) is 76.0 Å². The van der Waals surface area contributed by atoms with Crippen LogP contribution in [0.4, 0.5) is 0 Å². The summed E-state index contributed by atoms with van der Waals surface area (Å²) in [7, 11) is 0. The van der Waals surface area contributed by atoms with Crippen LogP contribution in [0.1, 0.15) is 17.2 Å². The lowest BCUT2D eigenvalue weighted by Crippen LogP contribution is -2.05. The van der Waals surface area contributed by atoms with Gasteiger partial charge in [-0.25, -0.2) is 9.97 Å². The van der Waals surface area contributed by atoms with Gasteiger partial charge >= 0.3 is 5.97 Å². The van der Waals surface area contributed by atoms with Crippen molar-refractivity contribution in [3.8, 4) is 0 Å². The van der Waals surface area contributed by atoms with Crippen LogP contribution in [0.2, 0.25) is 0 Å². The third-order valence-corrected chi connectivity index (χ3v) is 2.30. The maximum atomic E-state index is 10.7. The molecule has 5 heteroatoms. The normalized spacial score (nSPS) is 10.6. The summed E-state index contributed by atoms with van der Waals surface area (Å²) < 4.78 is 0. The molecule has 0 bridgehead atoms. The molecule has 0 radical (unpaired) electrons. The highest BCUT2D eigenvalue weighted by Crippen LogP contribution is 2.18. The summed E-state index contributed by atoms with van der Waals surface area (Å²) in [6.07, 6.45) is 1.47. The zero-order valence-electron chi connectivity index (χ0n) is 9.06. The van der Waals surface area contributed by atoms with Crippen LogP contribution in [0.25, 0.3) is 10.9 Å². The smallest absolute Gasteiger partial charge is 0.309 e. The number of aromatic nitrogens is 3. The van der Waals surface area contributed by atoms with Crippen molar-refractivity contribution in [2.24, 2.45) is 0 Å². The Bertz CT molecular complexity index is 566. The minimum atomic E-state index is -0.903. The minimum absolute atomic E-state index is 0.107. The van der Waals surface area contributed by atoms with Gasteiger partial charge in [0, 0.05) is 11.6 Å². The molecule has 0 aliphatic carbocycles. The minimum Gasteiger partial charge on any atom is -0.481 e. The van der Waals surface area contributed by atoms with Gasteiger partial charge in [-0.05, 0) is 19.9 Å². The molecule has 0 amide bonds. The van der Waals surface area contributed by atoms with Gasteiger partial charge in [0.25, 0.3) is 0 Å². The summed E-state index contributed by atoms with van der Waals surface area (Å²) in [6.45, 7) is 3.65. The van der Waals surface area contributed by atoms with Crippen LogP contribution in [0.15, 0.2) is 12.3 Å². The maximum Gasteiger partial charge on any atom is 0.309 e. The highest BCUT2D eigenvalue weighted by molar-refractivity contribution is 5.86. The van der Waals surface area contributed by atoms with Gasteiger partial charge in [-0.1, -0.05) is 0 Å². The van der Waals surface area contributed by atoms with Crippen LogP contribution < -0.4 is 0 Å². The van der Waals surface area contributed by atoms with Crippen molar-refractivity contribution in [1.29, 1.82) is 0 Å². The van der Waals surface area contributed by atoms with Crippen LogP contribution in [0.5, 0.6) is 0 Å². The number of rotatable bonds is 2. The Balaban J connectivity index is 2.71. The molecule has 0 aromatic carbocycles. The van der Waals surface area contributed by atoms with Crippen LogP contribution in [0, 0.1) is 13.8 Å². The van der Waals surface area contributed by atoms with E-state index in [4.69, 9.17) is 5.11 Å².